The Hall–Kier alpha value is -1.05. The lowest BCUT2D eigenvalue weighted by atomic mass is 10.4. The fraction of sp³-hybridized carbons (Fsp3) is 0.167. The van der Waals surface area contributed by atoms with Crippen molar-refractivity contribution < 1.29 is 4.74 Å². The van der Waals surface area contributed by atoms with E-state index in [2.05, 4.69) is 9.97 Å². The Morgan fingerprint density at radius 3 is 2.58 bits per heavy atom. The number of halogens is 2. The van der Waals surface area contributed by atoms with E-state index in [1.54, 1.807) is 6.07 Å². The number of nitrogens with zero attached hydrogens (tertiary/aromatic N) is 3. The number of methoxy groups -OCH3 is 1. The number of hydrogen-bond acceptors (Lipinski definition) is 4. The Bertz CT molecular complexity index is 347. The molecule has 1 rings (SSSR count). The smallest absolute Gasteiger partial charge is 0.225 e. The molecule has 0 saturated carbocycles. The third kappa shape index (κ3) is 1.58. The molecule has 0 fully saturated rings. The molecule has 0 unspecified atom stereocenters. The second kappa shape index (κ2) is 3.57. The van der Waals surface area contributed by atoms with Crippen molar-refractivity contribution in [3.05, 3.63) is 16.1 Å². The van der Waals surface area contributed by atoms with Gasteiger partial charge >= 0.3 is 0 Å². The SMILES string of the molecule is COc1c(Cl)nc(Cl)nc1C#N. The standard InChI is InChI=1S/C6H3Cl2N3O/c1-12-4-3(2-9)10-6(8)11-5(4)7/h1H3. The van der Waals surface area contributed by atoms with Gasteiger partial charge < -0.3 is 4.74 Å². The molecule has 0 spiro atoms. The maximum Gasteiger partial charge on any atom is 0.225 e. The zero-order valence-corrected chi connectivity index (χ0v) is 7.52. The summed E-state index contributed by atoms with van der Waals surface area (Å²) in [5.41, 5.74) is 0.0301. The van der Waals surface area contributed by atoms with Crippen LogP contribution in [0.4, 0.5) is 0 Å². The molecule has 0 aromatic carbocycles. The fourth-order valence-electron chi connectivity index (χ4n) is 0.654. The van der Waals surface area contributed by atoms with Crippen LogP contribution >= 0.6 is 23.2 Å². The van der Waals surface area contributed by atoms with Crippen molar-refractivity contribution in [3.63, 3.8) is 0 Å². The van der Waals surface area contributed by atoms with Crippen molar-refractivity contribution in [2.75, 3.05) is 7.11 Å². The predicted octanol–water partition coefficient (Wildman–Crippen LogP) is 1.66. The number of rotatable bonds is 1. The first-order valence-corrected chi connectivity index (χ1v) is 3.61. The van der Waals surface area contributed by atoms with E-state index in [4.69, 9.17) is 33.2 Å². The molecule has 1 aromatic heterocycles. The lowest BCUT2D eigenvalue weighted by Gasteiger charge is -2.02. The Morgan fingerprint density at radius 1 is 1.42 bits per heavy atom. The largest absolute Gasteiger partial charge is 0.491 e. The first kappa shape index (κ1) is 9.04. The van der Waals surface area contributed by atoms with Crippen molar-refractivity contribution in [3.8, 4) is 11.8 Å². The number of aromatic nitrogens is 2. The average molecular weight is 204 g/mol. The molecule has 0 aliphatic heterocycles. The Kier molecular flexibility index (Phi) is 2.69. The van der Waals surface area contributed by atoms with E-state index in [-0.39, 0.29) is 21.9 Å². The first-order chi connectivity index (χ1) is 5.69. The highest BCUT2D eigenvalue weighted by Crippen LogP contribution is 2.25. The summed E-state index contributed by atoms with van der Waals surface area (Å²) in [4.78, 5) is 7.20. The number of ether oxygens (including phenoxy) is 1. The maximum absolute atomic E-state index is 8.56. The Morgan fingerprint density at radius 2 is 2.08 bits per heavy atom. The molecule has 0 aliphatic rings. The van der Waals surface area contributed by atoms with E-state index in [9.17, 15) is 0 Å². The molecular weight excluding hydrogens is 201 g/mol. The summed E-state index contributed by atoms with van der Waals surface area (Å²) in [5, 5.41) is 8.53. The molecule has 0 bridgehead atoms. The van der Waals surface area contributed by atoms with Gasteiger partial charge in [-0.2, -0.15) is 5.26 Å². The molecule has 1 aromatic rings. The molecule has 0 radical (unpaired) electrons. The molecule has 1 heterocycles. The summed E-state index contributed by atoms with van der Waals surface area (Å²) in [6, 6.07) is 1.78. The lowest BCUT2D eigenvalue weighted by molar-refractivity contribution is 0.409. The maximum atomic E-state index is 8.56. The average Bonchev–Trinajstić information content (AvgIpc) is 2.03. The molecule has 0 atom stereocenters. The molecule has 12 heavy (non-hydrogen) atoms. The van der Waals surface area contributed by atoms with Crippen molar-refractivity contribution in [2.24, 2.45) is 0 Å². The minimum Gasteiger partial charge on any atom is -0.491 e. The first-order valence-electron chi connectivity index (χ1n) is 2.86. The van der Waals surface area contributed by atoms with Crippen molar-refractivity contribution >= 4 is 23.2 Å². The van der Waals surface area contributed by atoms with Gasteiger partial charge in [-0.15, -0.1) is 0 Å². The van der Waals surface area contributed by atoms with E-state index in [0.29, 0.717) is 0 Å². The number of hydrogen-bond donors (Lipinski definition) is 0. The van der Waals surface area contributed by atoms with Crippen LogP contribution in [0.3, 0.4) is 0 Å². The van der Waals surface area contributed by atoms with Crippen LogP contribution in [0.25, 0.3) is 0 Å². The van der Waals surface area contributed by atoms with E-state index in [1.807, 2.05) is 0 Å². The van der Waals surface area contributed by atoms with Gasteiger partial charge in [0.2, 0.25) is 5.28 Å². The highest BCUT2D eigenvalue weighted by atomic mass is 35.5. The van der Waals surface area contributed by atoms with E-state index < -0.39 is 0 Å². The van der Waals surface area contributed by atoms with Crippen molar-refractivity contribution in [2.45, 2.75) is 0 Å². The summed E-state index contributed by atoms with van der Waals surface area (Å²) in [6.07, 6.45) is 0. The zero-order chi connectivity index (χ0) is 9.14. The quantitative estimate of drug-likeness (QED) is 0.515. The fourth-order valence-corrected chi connectivity index (χ4v) is 1.11. The third-order valence-corrected chi connectivity index (χ3v) is 1.53. The molecule has 0 N–H and O–H groups in total. The monoisotopic (exact) mass is 203 g/mol. The van der Waals surface area contributed by atoms with Gasteiger partial charge in [0, 0.05) is 0 Å². The lowest BCUT2D eigenvalue weighted by Crippen LogP contribution is -1.95. The highest BCUT2D eigenvalue weighted by Gasteiger charge is 2.11. The molecule has 0 aliphatic carbocycles. The molecule has 6 heteroatoms. The van der Waals surface area contributed by atoms with Crippen LogP contribution in [0.1, 0.15) is 5.69 Å². The summed E-state index contributed by atoms with van der Waals surface area (Å²) >= 11 is 11.0. The van der Waals surface area contributed by atoms with Crippen LogP contribution in [-0.4, -0.2) is 17.1 Å². The van der Waals surface area contributed by atoms with E-state index in [0.717, 1.165) is 0 Å². The molecule has 0 amide bonds. The van der Waals surface area contributed by atoms with Gasteiger partial charge in [-0.3, -0.25) is 0 Å². The summed E-state index contributed by atoms with van der Waals surface area (Å²) in [5.74, 6) is 0.142. The van der Waals surface area contributed by atoms with Crippen LogP contribution in [-0.2, 0) is 0 Å². The minimum atomic E-state index is -0.0719. The van der Waals surface area contributed by atoms with Gasteiger partial charge in [0.1, 0.15) is 6.07 Å². The second-order valence-corrected chi connectivity index (χ2v) is 2.47. The second-order valence-electron chi connectivity index (χ2n) is 1.78. The molecule has 4 nitrogen and oxygen atoms in total. The Balaban J connectivity index is 3.36. The van der Waals surface area contributed by atoms with Gasteiger partial charge in [-0.1, -0.05) is 11.6 Å². The molecule has 62 valence electrons. The van der Waals surface area contributed by atoms with Crippen LogP contribution in [0.2, 0.25) is 10.4 Å². The topological polar surface area (TPSA) is 58.8 Å². The zero-order valence-electron chi connectivity index (χ0n) is 6.01. The van der Waals surface area contributed by atoms with Crippen LogP contribution in [0, 0.1) is 11.3 Å². The third-order valence-electron chi connectivity index (χ3n) is 1.11. The van der Waals surface area contributed by atoms with Gasteiger partial charge in [0.25, 0.3) is 0 Å². The summed E-state index contributed by atoms with van der Waals surface area (Å²) < 4.78 is 4.78. The van der Waals surface area contributed by atoms with Crippen LogP contribution in [0.15, 0.2) is 0 Å². The summed E-state index contributed by atoms with van der Waals surface area (Å²) in [7, 11) is 1.37. The summed E-state index contributed by atoms with van der Waals surface area (Å²) in [6.45, 7) is 0. The predicted molar refractivity (Wildman–Crippen MR) is 43.3 cm³/mol. The van der Waals surface area contributed by atoms with E-state index in [1.165, 1.54) is 7.11 Å². The molecular formula is C6H3Cl2N3O. The Labute approximate surface area is 78.7 Å². The van der Waals surface area contributed by atoms with Gasteiger partial charge in [0.05, 0.1) is 7.11 Å². The normalized spacial score (nSPS) is 9.17. The number of nitriles is 1. The minimum absolute atomic E-state index is 0.0301. The van der Waals surface area contributed by atoms with Crippen LogP contribution in [0.5, 0.6) is 5.75 Å². The van der Waals surface area contributed by atoms with E-state index >= 15 is 0 Å². The van der Waals surface area contributed by atoms with Crippen LogP contribution < -0.4 is 4.74 Å². The highest BCUT2D eigenvalue weighted by molar-refractivity contribution is 6.32. The van der Waals surface area contributed by atoms with Gasteiger partial charge in [-0.05, 0) is 11.6 Å². The van der Waals surface area contributed by atoms with Gasteiger partial charge in [0.15, 0.2) is 16.6 Å². The van der Waals surface area contributed by atoms with Crippen molar-refractivity contribution in [1.29, 1.82) is 5.26 Å². The molecule has 0 saturated heterocycles. The van der Waals surface area contributed by atoms with Gasteiger partial charge in [-0.25, -0.2) is 9.97 Å². The van der Waals surface area contributed by atoms with Crippen molar-refractivity contribution in [1.82, 2.24) is 9.97 Å².